The van der Waals surface area contributed by atoms with E-state index in [0.717, 1.165) is 62.0 Å². The molecular weight excluding hydrogens is 420 g/mol. The van der Waals surface area contributed by atoms with Crippen LogP contribution in [0.5, 0.6) is 0 Å². The number of rotatable bonds is 15. The van der Waals surface area contributed by atoms with Crippen molar-refractivity contribution in [3.05, 3.63) is 54.1 Å². The Kier molecular flexibility index (Phi) is 12.4. The van der Waals surface area contributed by atoms with E-state index in [-0.39, 0.29) is 12.3 Å². The van der Waals surface area contributed by atoms with Gasteiger partial charge in [-0.1, -0.05) is 42.0 Å². The van der Waals surface area contributed by atoms with Gasteiger partial charge in [0.1, 0.15) is 11.5 Å². The Hall–Kier alpha value is -1.85. The first-order chi connectivity index (χ1) is 15.5. The third-order valence-electron chi connectivity index (χ3n) is 6.15. The molecule has 176 valence electrons. The quantitative estimate of drug-likeness (QED) is 0.187. The van der Waals surface area contributed by atoms with Gasteiger partial charge in [0, 0.05) is 18.8 Å². The summed E-state index contributed by atoms with van der Waals surface area (Å²) in [6, 6.07) is 7.95. The average molecular weight is 459 g/mol. The first-order valence-electron chi connectivity index (χ1n) is 12.0. The topological polar surface area (TPSA) is 77.4 Å². The molecule has 2 rings (SSSR count). The molecule has 1 aromatic carbocycles. The lowest BCUT2D eigenvalue weighted by atomic mass is 9.89. The first-order valence-corrected chi connectivity index (χ1v) is 13.3. The van der Waals surface area contributed by atoms with Gasteiger partial charge in [0.2, 0.25) is 0 Å². The van der Waals surface area contributed by atoms with Crippen molar-refractivity contribution in [2.75, 3.05) is 5.75 Å². The van der Waals surface area contributed by atoms with E-state index < -0.39 is 17.1 Å². The number of carbonyl (C=O) groups is 2. The molecule has 1 aliphatic rings. The number of Topliss-reactive ketones (excluding diaryl/α,β-unsaturated/α-hetero) is 1. The zero-order valence-electron chi connectivity index (χ0n) is 19.3. The standard InChI is InChI=1S/C27H38O4S/c1-22-15-18-24(19-16-22)32(31)21-11-7-3-2-4-8-12-23-17-20-26(28)25(23)13-9-5-6-10-14-27(29)30/h4-5,8-9,15-16,18-19,23,25H,2-3,6-7,10-14,17,20-21H2,1H3,(H,29,30)/b8-4+,9-5-/t23-,25+,32?/m0/s1. The van der Waals surface area contributed by atoms with E-state index in [1.165, 1.54) is 5.56 Å². The number of allylic oxidation sites excluding steroid dienone is 4. The van der Waals surface area contributed by atoms with Crippen LogP contribution in [0.2, 0.25) is 0 Å². The molecule has 1 saturated carbocycles. The van der Waals surface area contributed by atoms with Gasteiger partial charge in [-0.15, -0.1) is 0 Å². The minimum atomic E-state index is -0.899. The van der Waals surface area contributed by atoms with Crippen LogP contribution in [0, 0.1) is 18.8 Å². The van der Waals surface area contributed by atoms with Gasteiger partial charge in [0.15, 0.2) is 4.90 Å². The van der Waals surface area contributed by atoms with E-state index in [4.69, 9.17) is 5.11 Å². The maximum atomic E-state index is 12.3. The number of ketones is 1. The summed E-state index contributed by atoms with van der Waals surface area (Å²) in [5.41, 5.74) is 1.19. The van der Waals surface area contributed by atoms with Crippen molar-refractivity contribution in [1.82, 2.24) is 0 Å². The van der Waals surface area contributed by atoms with E-state index in [1.807, 2.05) is 37.3 Å². The Morgan fingerprint density at radius 3 is 2.44 bits per heavy atom. The number of aliphatic carboxylic acids is 1. The zero-order valence-corrected chi connectivity index (χ0v) is 20.2. The molecule has 1 aliphatic carbocycles. The monoisotopic (exact) mass is 458 g/mol. The van der Waals surface area contributed by atoms with Crippen LogP contribution in [0.3, 0.4) is 0 Å². The van der Waals surface area contributed by atoms with Crippen molar-refractivity contribution in [2.24, 2.45) is 11.8 Å². The molecule has 0 saturated heterocycles. The van der Waals surface area contributed by atoms with Crippen molar-refractivity contribution in [1.29, 1.82) is 0 Å². The summed E-state index contributed by atoms with van der Waals surface area (Å²) in [4.78, 5) is 23.7. The van der Waals surface area contributed by atoms with Gasteiger partial charge in [-0.05, 0) is 93.9 Å². The second-order valence-corrected chi connectivity index (χ2v) is 10.4. The van der Waals surface area contributed by atoms with Gasteiger partial charge in [0.05, 0.1) is 0 Å². The van der Waals surface area contributed by atoms with Crippen LogP contribution >= 0.6 is 0 Å². The molecule has 1 N–H and O–H groups in total. The van der Waals surface area contributed by atoms with E-state index in [9.17, 15) is 14.1 Å². The second-order valence-electron chi connectivity index (χ2n) is 8.78. The average Bonchev–Trinajstić information content (AvgIpc) is 3.12. The molecule has 1 aromatic rings. The lowest BCUT2D eigenvalue weighted by Gasteiger charge is -2.14. The van der Waals surface area contributed by atoms with Gasteiger partial charge in [-0.25, -0.2) is 0 Å². The molecule has 0 amide bonds. The molecule has 0 bridgehead atoms. The number of carboxylic acid groups (broad SMARTS) is 1. The highest BCUT2D eigenvalue weighted by molar-refractivity contribution is 7.91. The summed E-state index contributed by atoms with van der Waals surface area (Å²) in [6.45, 7) is 2.04. The molecule has 3 atom stereocenters. The van der Waals surface area contributed by atoms with Gasteiger partial charge in [-0.2, -0.15) is 0 Å². The predicted molar refractivity (Wildman–Crippen MR) is 131 cm³/mol. The normalized spacial score (nSPS) is 19.9. The lowest BCUT2D eigenvalue weighted by molar-refractivity contribution is -0.137. The van der Waals surface area contributed by atoms with Gasteiger partial charge in [-0.3, -0.25) is 9.59 Å². The van der Waals surface area contributed by atoms with Crippen LogP contribution in [0.1, 0.15) is 76.2 Å². The highest BCUT2D eigenvalue weighted by atomic mass is 32.2. The summed E-state index contributed by atoms with van der Waals surface area (Å²) in [5, 5.41) is 8.66. The number of hydrogen-bond donors (Lipinski definition) is 1. The Labute approximate surface area is 196 Å². The van der Waals surface area contributed by atoms with Crippen LogP contribution in [-0.2, 0) is 20.8 Å². The fourth-order valence-electron chi connectivity index (χ4n) is 4.18. The Balaban J connectivity index is 1.57. The second kappa shape index (κ2) is 15.1. The van der Waals surface area contributed by atoms with Crippen LogP contribution in [0.15, 0.2) is 53.5 Å². The lowest BCUT2D eigenvalue weighted by Crippen LogP contribution is -2.13. The highest BCUT2D eigenvalue weighted by Crippen LogP contribution is 2.34. The van der Waals surface area contributed by atoms with E-state index in [0.29, 0.717) is 24.5 Å². The molecule has 0 aromatic heterocycles. The zero-order chi connectivity index (χ0) is 23.2. The highest BCUT2D eigenvalue weighted by Gasteiger charge is 2.32. The SMILES string of the molecule is Cc1ccc([S+]([O-])CCCCC/C=C/C[C@H]2CCC(=O)[C@@H]2C/C=C\CCCC(=O)O)cc1. The molecule has 32 heavy (non-hydrogen) atoms. The summed E-state index contributed by atoms with van der Waals surface area (Å²) in [6.07, 6.45) is 17.8. The smallest absolute Gasteiger partial charge is 0.303 e. The molecule has 0 aliphatic heterocycles. The van der Waals surface area contributed by atoms with Crippen molar-refractivity contribution >= 4 is 22.9 Å². The minimum absolute atomic E-state index is 0.118. The number of benzene rings is 1. The fourth-order valence-corrected chi connectivity index (χ4v) is 5.33. The van der Waals surface area contributed by atoms with Crippen LogP contribution in [-0.4, -0.2) is 27.2 Å². The molecule has 1 fully saturated rings. The van der Waals surface area contributed by atoms with Gasteiger partial charge < -0.3 is 9.66 Å². The van der Waals surface area contributed by atoms with Crippen molar-refractivity contribution < 1.29 is 19.2 Å². The number of aryl methyl sites for hydroxylation is 1. The fraction of sp³-hybridized carbons (Fsp3) is 0.556. The predicted octanol–water partition coefficient (Wildman–Crippen LogP) is 6.41. The van der Waals surface area contributed by atoms with E-state index >= 15 is 0 Å². The van der Waals surface area contributed by atoms with Crippen molar-refractivity contribution in [2.45, 2.75) is 82.4 Å². The number of carboxylic acids is 1. The van der Waals surface area contributed by atoms with Crippen LogP contribution in [0.4, 0.5) is 0 Å². The van der Waals surface area contributed by atoms with E-state index in [1.54, 1.807) is 0 Å². The molecule has 4 nitrogen and oxygen atoms in total. The maximum Gasteiger partial charge on any atom is 0.303 e. The largest absolute Gasteiger partial charge is 0.611 e. The van der Waals surface area contributed by atoms with Gasteiger partial charge in [0.25, 0.3) is 0 Å². The third kappa shape index (κ3) is 10.2. The number of carbonyl (C=O) groups excluding carboxylic acids is 1. The molecule has 5 heteroatoms. The molecule has 0 heterocycles. The van der Waals surface area contributed by atoms with Gasteiger partial charge >= 0.3 is 5.97 Å². The van der Waals surface area contributed by atoms with Crippen LogP contribution in [0.25, 0.3) is 0 Å². The van der Waals surface area contributed by atoms with Crippen molar-refractivity contribution in [3.8, 4) is 0 Å². The summed E-state index contributed by atoms with van der Waals surface area (Å²) >= 11 is -0.899. The molecule has 0 spiro atoms. The molecular formula is C27H38O4S. The summed E-state index contributed by atoms with van der Waals surface area (Å²) in [5.74, 6) is 0.891. The minimum Gasteiger partial charge on any atom is -0.611 e. The Morgan fingerprint density at radius 2 is 1.72 bits per heavy atom. The Bertz CT molecular complexity index is 753. The molecule has 0 radical (unpaired) electrons. The Morgan fingerprint density at radius 1 is 1.03 bits per heavy atom. The third-order valence-corrected chi connectivity index (χ3v) is 7.61. The maximum absolute atomic E-state index is 12.3. The number of unbranched alkanes of at least 4 members (excludes halogenated alkanes) is 4. The number of hydrogen-bond acceptors (Lipinski definition) is 3. The molecule has 1 unspecified atom stereocenters. The van der Waals surface area contributed by atoms with E-state index in [2.05, 4.69) is 18.2 Å². The van der Waals surface area contributed by atoms with Crippen molar-refractivity contribution in [3.63, 3.8) is 0 Å². The summed E-state index contributed by atoms with van der Waals surface area (Å²) in [7, 11) is 0. The summed E-state index contributed by atoms with van der Waals surface area (Å²) < 4.78 is 12.3. The first kappa shape index (κ1) is 26.4. The van der Waals surface area contributed by atoms with Crippen LogP contribution < -0.4 is 0 Å².